The van der Waals surface area contributed by atoms with Crippen LogP contribution in [-0.2, 0) is 13.6 Å². The molecule has 124 valence electrons. The highest BCUT2D eigenvalue weighted by molar-refractivity contribution is 7.80. The van der Waals surface area contributed by atoms with Crippen molar-refractivity contribution in [3.8, 4) is 0 Å². The van der Waals surface area contributed by atoms with E-state index in [1.165, 1.54) is 11.1 Å². The van der Waals surface area contributed by atoms with Crippen LogP contribution < -0.4 is 10.6 Å². The summed E-state index contributed by atoms with van der Waals surface area (Å²) in [5.74, 6) is 0. The third-order valence-corrected chi connectivity index (χ3v) is 4.04. The first-order chi connectivity index (χ1) is 11.5. The van der Waals surface area contributed by atoms with Gasteiger partial charge in [0.1, 0.15) is 0 Å². The van der Waals surface area contributed by atoms with Crippen molar-refractivity contribution in [2.45, 2.75) is 20.4 Å². The normalized spacial score (nSPS) is 10.6. The SMILES string of the molecule is Cc1ccc(Cn2cc(NC(=S)Nc3cnn(C)c3C)cn2)cc1. The lowest BCUT2D eigenvalue weighted by atomic mass is 10.1. The molecule has 0 saturated heterocycles. The quantitative estimate of drug-likeness (QED) is 0.715. The van der Waals surface area contributed by atoms with E-state index in [1.54, 1.807) is 17.1 Å². The number of hydrogen-bond donors (Lipinski definition) is 2. The lowest BCUT2D eigenvalue weighted by Gasteiger charge is -2.08. The molecule has 0 aliphatic rings. The summed E-state index contributed by atoms with van der Waals surface area (Å²) in [6, 6.07) is 8.43. The Kier molecular flexibility index (Phi) is 4.61. The molecule has 0 bridgehead atoms. The molecule has 2 heterocycles. The van der Waals surface area contributed by atoms with Crippen LogP contribution in [0.5, 0.6) is 0 Å². The first-order valence-corrected chi connectivity index (χ1v) is 8.06. The maximum absolute atomic E-state index is 5.34. The molecule has 0 unspecified atom stereocenters. The highest BCUT2D eigenvalue weighted by atomic mass is 32.1. The topological polar surface area (TPSA) is 59.7 Å². The summed E-state index contributed by atoms with van der Waals surface area (Å²) < 4.78 is 3.68. The highest BCUT2D eigenvalue weighted by Gasteiger charge is 2.07. The number of hydrogen-bond acceptors (Lipinski definition) is 3. The van der Waals surface area contributed by atoms with Crippen LogP contribution in [0.4, 0.5) is 11.4 Å². The summed E-state index contributed by atoms with van der Waals surface area (Å²) in [5.41, 5.74) is 5.23. The molecule has 2 aromatic heterocycles. The number of anilines is 2. The second kappa shape index (κ2) is 6.84. The number of thiocarbonyl (C=S) groups is 1. The molecule has 0 atom stereocenters. The Bertz CT molecular complexity index is 846. The minimum absolute atomic E-state index is 0.515. The van der Waals surface area contributed by atoms with Gasteiger partial charge in [-0.3, -0.25) is 9.36 Å². The van der Waals surface area contributed by atoms with Crippen LogP contribution in [0.1, 0.15) is 16.8 Å². The summed E-state index contributed by atoms with van der Waals surface area (Å²) in [7, 11) is 1.89. The van der Waals surface area contributed by atoms with E-state index in [2.05, 4.69) is 52.0 Å². The van der Waals surface area contributed by atoms with Crippen molar-refractivity contribution in [2.24, 2.45) is 7.05 Å². The van der Waals surface area contributed by atoms with Crippen LogP contribution in [0.25, 0.3) is 0 Å². The molecule has 3 rings (SSSR count). The van der Waals surface area contributed by atoms with E-state index in [0.717, 1.165) is 23.6 Å². The summed E-state index contributed by atoms with van der Waals surface area (Å²) in [6.45, 7) is 4.79. The first kappa shape index (κ1) is 16.2. The monoisotopic (exact) mass is 340 g/mol. The largest absolute Gasteiger partial charge is 0.330 e. The van der Waals surface area contributed by atoms with Gasteiger partial charge in [-0.25, -0.2) is 0 Å². The van der Waals surface area contributed by atoms with Gasteiger partial charge < -0.3 is 10.6 Å². The molecule has 0 saturated carbocycles. The minimum Gasteiger partial charge on any atom is -0.330 e. The fourth-order valence-corrected chi connectivity index (χ4v) is 2.53. The van der Waals surface area contributed by atoms with Crippen molar-refractivity contribution >= 4 is 28.7 Å². The van der Waals surface area contributed by atoms with Crippen molar-refractivity contribution < 1.29 is 0 Å². The van der Waals surface area contributed by atoms with E-state index < -0.39 is 0 Å². The van der Waals surface area contributed by atoms with Gasteiger partial charge in [0.05, 0.1) is 36.0 Å². The maximum Gasteiger partial charge on any atom is 0.175 e. The van der Waals surface area contributed by atoms with Crippen molar-refractivity contribution in [2.75, 3.05) is 10.6 Å². The maximum atomic E-state index is 5.34. The van der Waals surface area contributed by atoms with Crippen LogP contribution in [0.15, 0.2) is 42.9 Å². The van der Waals surface area contributed by atoms with Crippen molar-refractivity contribution in [1.82, 2.24) is 19.6 Å². The van der Waals surface area contributed by atoms with Gasteiger partial charge in [-0.15, -0.1) is 0 Å². The van der Waals surface area contributed by atoms with Crippen molar-refractivity contribution in [1.29, 1.82) is 0 Å². The lowest BCUT2D eigenvalue weighted by molar-refractivity contribution is 0.687. The van der Waals surface area contributed by atoms with E-state index in [0.29, 0.717) is 5.11 Å². The fraction of sp³-hybridized carbons (Fsp3) is 0.235. The Labute approximate surface area is 146 Å². The number of aromatic nitrogens is 4. The second-order valence-corrected chi connectivity index (χ2v) is 6.17. The number of nitrogens with one attached hydrogen (secondary N) is 2. The van der Waals surface area contributed by atoms with Gasteiger partial charge in [-0.1, -0.05) is 29.8 Å². The lowest BCUT2D eigenvalue weighted by Crippen LogP contribution is -2.19. The first-order valence-electron chi connectivity index (χ1n) is 7.66. The number of nitrogens with zero attached hydrogens (tertiary/aromatic N) is 4. The van der Waals surface area contributed by atoms with Crippen molar-refractivity contribution in [3.05, 3.63) is 59.7 Å². The van der Waals surface area contributed by atoms with Gasteiger partial charge in [-0.05, 0) is 31.6 Å². The van der Waals surface area contributed by atoms with E-state index >= 15 is 0 Å². The third kappa shape index (κ3) is 3.80. The Morgan fingerprint density at radius 3 is 2.50 bits per heavy atom. The average molecular weight is 340 g/mol. The second-order valence-electron chi connectivity index (χ2n) is 5.76. The third-order valence-electron chi connectivity index (χ3n) is 3.84. The zero-order valence-corrected chi connectivity index (χ0v) is 14.8. The smallest absolute Gasteiger partial charge is 0.175 e. The molecule has 0 aliphatic heterocycles. The van der Waals surface area contributed by atoms with Crippen LogP contribution >= 0.6 is 12.2 Å². The zero-order chi connectivity index (χ0) is 17.1. The number of benzene rings is 1. The Balaban J connectivity index is 1.60. The summed E-state index contributed by atoms with van der Waals surface area (Å²) in [4.78, 5) is 0. The van der Waals surface area contributed by atoms with E-state index in [-0.39, 0.29) is 0 Å². The van der Waals surface area contributed by atoms with E-state index in [4.69, 9.17) is 12.2 Å². The summed E-state index contributed by atoms with van der Waals surface area (Å²) >= 11 is 5.34. The molecule has 24 heavy (non-hydrogen) atoms. The van der Waals surface area contributed by atoms with Gasteiger partial charge in [0.25, 0.3) is 0 Å². The number of aryl methyl sites for hydroxylation is 2. The predicted molar refractivity (Wildman–Crippen MR) is 100 cm³/mol. The van der Waals surface area contributed by atoms with Crippen LogP contribution in [0.3, 0.4) is 0 Å². The van der Waals surface area contributed by atoms with Gasteiger partial charge in [0.15, 0.2) is 5.11 Å². The van der Waals surface area contributed by atoms with Crippen LogP contribution in [0.2, 0.25) is 0 Å². The molecule has 6 nitrogen and oxygen atoms in total. The molecular formula is C17H20N6S. The molecule has 7 heteroatoms. The Hall–Kier alpha value is -2.67. The van der Waals surface area contributed by atoms with Gasteiger partial charge in [-0.2, -0.15) is 10.2 Å². The van der Waals surface area contributed by atoms with Crippen LogP contribution in [0, 0.1) is 13.8 Å². The van der Waals surface area contributed by atoms with Gasteiger partial charge >= 0.3 is 0 Å². The summed E-state index contributed by atoms with van der Waals surface area (Å²) in [5, 5.41) is 15.4. The Morgan fingerprint density at radius 1 is 1.08 bits per heavy atom. The molecule has 0 aliphatic carbocycles. The van der Waals surface area contributed by atoms with E-state index in [9.17, 15) is 0 Å². The predicted octanol–water partition coefficient (Wildman–Crippen LogP) is 3.09. The molecule has 3 aromatic rings. The van der Waals surface area contributed by atoms with Crippen LogP contribution in [-0.4, -0.2) is 24.7 Å². The molecule has 0 radical (unpaired) electrons. The molecule has 0 fully saturated rings. The van der Waals surface area contributed by atoms with E-state index in [1.807, 2.05) is 24.9 Å². The molecule has 0 spiro atoms. The fourth-order valence-electron chi connectivity index (χ4n) is 2.30. The highest BCUT2D eigenvalue weighted by Crippen LogP contribution is 2.14. The average Bonchev–Trinajstić information content (AvgIpc) is 3.11. The zero-order valence-electron chi connectivity index (χ0n) is 13.9. The molecule has 2 N–H and O–H groups in total. The molecule has 0 amide bonds. The molecule has 1 aromatic carbocycles. The number of rotatable bonds is 4. The van der Waals surface area contributed by atoms with Gasteiger partial charge in [0, 0.05) is 13.2 Å². The summed E-state index contributed by atoms with van der Waals surface area (Å²) in [6.07, 6.45) is 5.45. The Morgan fingerprint density at radius 2 is 1.83 bits per heavy atom. The standard InChI is InChI=1S/C17H20N6S/c1-12-4-6-14(7-5-12)10-23-11-15(8-19-23)20-17(24)21-16-9-18-22(3)13(16)2/h4-9,11H,10H2,1-3H3,(H2,20,21,24). The van der Waals surface area contributed by atoms with Crippen molar-refractivity contribution in [3.63, 3.8) is 0 Å². The minimum atomic E-state index is 0.515. The molecular weight excluding hydrogens is 320 g/mol. The van der Waals surface area contributed by atoms with Gasteiger partial charge in [0.2, 0.25) is 0 Å².